The van der Waals surface area contributed by atoms with Gasteiger partial charge < -0.3 is 19.9 Å². The van der Waals surface area contributed by atoms with Crippen LogP contribution in [0, 0.1) is 5.82 Å². The van der Waals surface area contributed by atoms with Crippen molar-refractivity contribution >= 4 is 11.8 Å². The predicted molar refractivity (Wildman–Crippen MR) is 130 cm³/mol. The Hall–Kier alpha value is -3.46. The average molecular weight is 465 g/mol. The summed E-state index contributed by atoms with van der Waals surface area (Å²) in [6.45, 7) is 4.75. The lowest BCUT2D eigenvalue weighted by atomic mass is 9.99. The van der Waals surface area contributed by atoms with E-state index in [0.29, 0.717) is 23.7 Å². The van der Waals surface area contributed by atoms with E-state index in [-0.39, 0.29) is 17.9 Å². The summed E-state index contributed by atoms with van der Waals surface area (Å²) in [7, 11) is 3.78. The molecule has 0 radical (unpaired) electrons. The van der Waals surface area contributed by atoms with Crippen molar-refractivity contribution in [1.29, 1.82) is 0 Å². The highest BCUT2D eigenvalue weighted by Gasteiger charge is 2.19. The highest BCUT2D eigenvalue weighted by molar-refractivity contribution is 5.63. The second-order valence-corrected chi connectivity index (χ2v) is 8.86. The number of nitrogens with one attached hydrogen (secondary N) is 1. The molecule has 2 aliphatic rings. The number of benzene rings is 1. The van der Waals surface area contributed by atoms with Gasteiger partial charge >= 0.3 is 0 Å². The van der Waals surface area contributed by atoms with Crippen molar-refractivity contribution in [2.45, 2.75) is 19.4 Å². The number of anilines is 2. The summed E-state index contributed by atoms with van der Waals surface area (Å²) >= 11 is 0. The molecule has 4 heterocycles. The van der Waals surface area contributed by atoms with E-state index in [1.165, 1.54) is 10.6 Å². The molecule has 3 aromatic rings. The fourth-order valence-electron chi connectivity index (χ4n) is 4.52. The molecular formula is C25H29FN6O2. The van der Waals surface area contributed by atoms with Gasteiger partial charge in [0.25, 0.3) is 5.56 Å². The second-order valence-electron chi connectivity index (χ2n) is 8.86. The van der Waals surface area contributed by atoms with Crippen LogP contribution in [-0.2, 0) is 20.0 Å². The number of pyridine rings is 1. The van der Waals surface area contributed by atoms with Crippen molar-refractivity contribution < 1.29 is 9.13 Å². The molecule has 0 aliphatic carbocycles. The lowest BCUT2D eigenvalue weighted by Gasteiger charge is -2.33. The zero-order chi connectivity index (χ0) is 23.7. The number of fused-ring (bicyclic) bond motifs is 1. The van der Waals surface area contributed by atoms with Crippen molar-refractivity contribution in [3.8, 4) is 16.9 Å². The number of aromatic nitrogens is 3. The highest BCUT2D eigenvalue weighted by atomic mass is 19.1. The molecular weight excluding hydrogens is 435 g/mol. The van der Waals surface area contributed by atoms with Gasteiger partial charge in [0.15, 0.2) is 0 Å². The minimum absolute atomic E-state index is 0.189. The molecule has 1 fully saturated rings. The van der Waals surface area contributed by atoms with E-state index < -0.39 is 0 Å². The van der Waals surface area contributed by atoms with Gasteiger partial charge in [0.2, 0.25) is 5.95 Å². The number of ether oxygens (including phenoxy) is 1. The average Bonchev–Trinajstić information content (AvgIpc) is 2.86. The van der Waals surface area contributed by atoms with E-state index in [9.17, 15) is 9.18 Å². The third kappa shape index (κ3) is 4.35. The largest absolute Gasteiger partial charge is 0.493 e. The monoisotopic (exact) mass is 464 g/mol. The Kier molecular flexibility index (Phi) is 6.19. The third-order valence-corrected chi connectivity index (χ3v) is 6.64. The molecule has 9 heteroatoms. The molecule has 1 N–H and O–H groups in total. The summed E-state index contributed by atoms with van der Waals surface area (Å²) in [4.78, 5) is 26.6. The van der Waals surface area contributed by atoms with E-state index in [1.807, 2.05) is 12.1 Å². The molecule has 34 heavy (non-hydrogen) atoms. The zero-order valence-corrected chi connectivity index (χ0v) is 19.6. The van der Waals surface area contributed by atoms with Crippen LogP contribution in [0.15, 0.2) is 41.5 Å². The quantitative estimate of drug-likeness (QED) is 0.622. The lowest BCUT2D eigenvalue weighted by Crippen LogP contribution is -2.44. The molecule has 8 nitrogen and oxygen atoms in total. The van der Waals surface area contributed by atoms with Gasteiger partial charge in [-0.25, -0.2) is 14.4 Å². The first-order valence-electron chi connectivity index (χ1n) is 11.6. The number of likely N-dealkylation sites (N-methyl/N-ethyl adjacent to an activating group) is 1. The molecule has 2 aliphatic heterocycles. The van der Waals surface area contributed by atoms with Gasteiger partial charge in [0, 0.05) is 68.9 Å². The minimum atomic E-state index is -0.287. The predicted octanol–water partition coefficient (Wildman–Crippen LogP) is 2.67. The van der Waals surface area contributed by atoms with Crippen molar-refractivity contribution in [2.75, 3.05) is 50.1 Å². The van der Waals surface area contributed by atoms with Crippen molar-refractivity contribution in [2.24, 2.45) is 7.05 Å². The smallest absolute Gasteiger partial charge is 0.262 e. The first kappa shape index (κ1) is 22.3. The summed E-state index contributed by atoms with van der Waals surface area (Å²) in [5.74, 6) is 1.74. The standard InChI is InChI=1S/C25H29FN6O2/c1-30-9-11-32(12-10-30)23-8-5-17(14-27-23)19-15-28-25(31(2)24(19)33)29-16-20-18-4-3-13-34-22(18)7-6-21(20)26/h5-8,14-15H,3-4,9-13,16H2,1-2H3,(H,28,29). The van der Waals surface area contributed by atoms with Crippen LogP contribution in [0.3, 0.4) is 0 Å². The summed E-state index contributed by atoms with van der Waals surface area (Å²) in [5.41, 5.74) is 2.44. The minimum Gasteiger partial charge on any atom is -0.493 e. The molecule has 0 saturated carbocycles. The Balaban J connectivity index is 1.33. The molecule has 0 spiro atoms. The van der Waals surface area contributed by atoms with E-state index in [0.717, 1.165) is 61.7 Å². The van der Waals surface area contributed by atoms with E-state index >= 15 is 0 Å². The summed E-state index contributed by atoms with van der Waals surface area (Å²) in [5, 5.41) is 3.13. The number of hydrogen-bond acceptors (Lipinski definition) is 7. The zero-order valence-electron chi connectivity index (χ0n) is 19.6. The highest BCUT2D eigenvalue weighted by Crippen LogP contribution is 2.30. The fraction of sp³-hybridized carbons (Fsp3) is 0.400. The molecule has 0 bridgehead atoms. The van der Waals surface area contributed by atoms with Gasteiger partial charge in [0.05, 0.1) is 12.2 Å². The van der Waals surface area contributed by atoms with Crippen LogP contribution in [0.1, 0.15) is 17.5 Å². The van der Waals surface area contributed by atoms with E-state index in [4.69, 9.17) is 4.74 Å². The SMILES string of the molecule is CN1CCN(c2ccc(-c3cnc(NCc4c(F)ccc5c4CCCO5)n(C)c3=O)cn2)CC1. The van der Waals surface area contributed by atoms with Crippen LogP contribution >= 0.6 is 0 Å². The van der Waals surface area contributed by atoms with Crippen LogP contribution in [0.4, 0.5) is 16.2 Å². The summed E-state index contributed by atoms with van der Waals surface area (Å²) < 4.78 is 21.6. The Morgan fingerprint density at radius 3 is 2.65 bits per heavy atom. The number of halogens is 1. The Labute approximate surface area is 198 Å². The maximum absolute atomic E-state index is 14.5. The van der Waals surface area contributed by atoms with Crippen LogP contribution in [0.5, 0.6) is 5.75 Å². The van der Waals surface area contributed by atoms with Gasteiger partial charge in [-0.3, -0.25) is 9.36 Å². The molecule has 2 aromatic heterocycles. The number of rotatable bonds is 5. The molecule has 178 valence electrons. The summed E-state index contributed by atoms with van der Waals surface area (Å²) in [6.07, 6.45) is 4.91. The van der Waals surface area contributed by atoms with Crippen LogP contribution in [0.2, 0.25) is 0 Å². The Morgan fingerprint density at radius 2 is 1.88 bits per heavy atom. The topological polar surface area (TPSA) is 75.5 Å². The van der Waals surface area contributed by atoms with Crippen LogP contribution in [-0.4, -0.2) is 59.3 Å². The van der Waals surface area contributed by atoms with Gasteiger partial charge in [-0.05, 0) is 44.2 Å². The van der Waals surface area contributed by atoms with Gasteiger partial charge in [-0.15, -0.1) is 0 Å². The normalized spacial score (nSPS) is 16.1. The first-order chi connectivity index (χ1) is 16.5. The van der Waals surface area contributed by atoms with E-state index in [1.54, 1.807) is 25.5 Å². The molecule has 0 unspecified atom stereocenters. The number of hydrogen-bond donors (Lipinski definition) is 1. The maximum Gasteiger partial charge on any atom is 0.262 e. The molecule has 1 saturated heterocycles. The maximum atomic E-state index is 14.5. The Bertz CT molecular complexity index is 1240. The third-order valence-electron chi connectivity index (χ3n) is 6.64. The fourth-order valence-corrected chi connectivity index (χ4v) is 4.52. The second kappa shape index (κ2) is 9.42. The van der Waals surface area contributed by atoms with E-state index in [2.05, 4.69) is 32.1 Å². The number of piperazine rings is 1. The summed E-state index contributed by atoms with van der Waals surface area (Å²) in [6, 6.07) is 6.97. The van der Waals surface area contributed by atoms with Crippen LogP contribution in [0.25, 0.3) is 11.1 Å². The van der Waals surface area contributed by atoms with Gasteiger partial charge in [0.1, 0.15) is 17.4 Å². The van der Waals surface area contributed by atoms with Crippen molar-refractivity contribution in [3.63, 3.8) is 0 Å². The van der Waals surface area contributed by atoms with Crippen molar-refractivity contribution in [1.82, 2.24) is 19.4 Å². The molecule has 0 atom stereocenters. The number of nitrogens with zero attached hydrogens (tertiary/aromatic N) is 5. The molecule has 5 rings (SSSR count). The lowest BCUT2D eigenvalue weighted by molar-refractivity contribution is 0.286. The Morgan fingerprint density at radius 1 is 1.06 bits per heavy atom. The van der Waals surface area contributed by atoms with Crippen molar-refractivity contribution in [3.05, 3.63) is 64.0 Å². The van der Waals surface area contributed by atoms with Crippen LogP contribution < -0.4 is 20.5 Å². The molecule has 1 aromatic carbocycles. The van der Waals surface area contributed by atoms with Gasteiger partial charge in [-0.2, -0.15) is 0 Å². The van der Waals surface area contributed by atoms with Gasteiger partial charge in [-0.1, -0.05) is 0 Å². The molecule has 0 amide bonds. The first-order valence-corrected chi connectivity index (χ1v) is 11.6.